The van der Waals surface area contributed by atoms with Crippen LogP contribution in [0.25, 0.3) is 0 Å². The second-order valence-corrected chi connectivity index (χ2v) is 6.20. The van der Waals surface area contributed by atoms with Crippen LogP contribution in [-0.2, 0) is 9.47 Å². The molecule has 0 heterocycles. The fourth-order valence-corrected chi connectivity index (χ4v) is 2.61. The molecule has 0 bridgehead atoms. The average Bonchev–Trinajstić information content (AvgIpc) is 2.67. The molecule has 152 valence electrons. The fourth-order valence-electron chi connectivity index (χ4n) is 2.61. The number of benzene rings is 2. The summed E-state index contributed by atoms with van der Waals surface area (Å²) < 4.78 is 56.5. The maximum absolute atomic E-state index is 13.7. The first-order valence-electron chi connectivity index (χ1n) is 8.54. The van der Waals surface area contributed by atoms with Gasteiger partial charge in [0.05, 0.1) is 12.7 Å². The lowest BCUT2D eigenvalue weighted by atomic mass is 9.97. The molecule has 0 amide bonds. The van der Waals surface area contributed by atoms with Crippen molar-refractivity contribution in [2.75, 3.05) is 21.0 Å². The van der Waals surface area contributed by atoms with Gasteiger partial charge in [0.2, 0.25) is 0 Å². The van der Waals surface area contributed by atoms with E-state index in [1.54, 1.807) is 36.4 Å². The van der Waals surface area contributed by atoms with E-state index in [-0.39, 0.29) is 12.4 Å². The van der Waals surface area contributed by atoms with E-state index in [2.05, 4.69) is 0 Å². The van der Waals surface area contributed by atoms with Crippen LogP contribution in [0.3, 0.4) is 0 Å². The molecule has 0 saturated carbocycles. The molecule has 7 heteroatoms. The van der Waals surface area contributed by atoms with Gasteiger partial charge in [0, 0.05) is 7.11 Å². The van der Waals surface area contributed by atoms with E-state index in [4.69, 9.17) is 14.2 Å². The zero-order chi connectivity index (χ0) is 20.7. The molecule has 2 atom stereocenters. The fraction of sp³-hybridized carbons (Fsp3) is 0.333. The van der Waals surface area contributed by atoms with E-state index in [0.29, 0.717) is 11.3 Å². The van der Waals surface area contributed by atoms with Crippen LogP contribution in [0.1, 0.15) is 28.9 Å². The van der Waals surface area contributed by atoms with Crippen LogP contribution in [0.5, 0.6) is 5.75 Å². The highest BCUT2D eigenvalue weighted by atomic mass is 19.4. The molecule has 2 aromatic carbocycles. The Morgan fingerprint density at radius 1 is 1.00 bits per heavy atom. The maximum atomic E-state index is 13.7. The van der Waals surface area contributed by atoms with Crippen LogP contribution >= 0.6 is 0 Å². The molecule has 2 unspecified atom stereocenters. The lowest BCUT2D eigenvalue weighted by Crippen LogP contribution is -2.20. The van der Waals surface area contributed by atoms with Crippen LogP contribution in [0.15, 0.2) is 60.2 Å². The van der Waals surface area contributed by atoms with E-state index in [9.17, 15) is 18.3 Å². The summed E-state index contributed by atoms with van der Waals surface area (Å²) in [6.45, 7) is 1.61. The molecular weight excluding hydrogens is 373 g/mol. The lowest BCUT2D eigenvalue weighted by Gasteiger charge is -2.22. The molecule has 2 rings (SSSR count). The van der Waals surface area contributed by atoms with Gasteiger partial charge in [-0.05, 0) is 36.3 Å². The third-order valence-corrected chi connectivity index (χ3v) is 4.16. The van der Waals surface area contributed by atoms with Crippen LogP contribution in [0.4, 0.5) is 13.2 Å². The molecule has 0 saturated heterocycles. The first-order valence-corrected chi connectivity index (χ1v) is 8.54. The van der Waals surface area contributed by atoms with Gasteiger partial charge in [-0.15, -0.1) is 0 Å². The molecule has 0 aromatic heterocycles. The van der Waals surface area contributed by atoms with Crippen molar-refractivity contribution in [3.05, 3.63) is 76.9 Å². The second kappa shape index (κ2) is 9.73. The van der Waals surface area contributed by atoms with Gasteiger partial charge in [0.15, 0.2) is 0 Å². The Morgan fingerprint density at radius 2 is 1.57 bits per heavy atom. The van der Waals surface area contributed by atoms with Crippen molar-refractivity contribution in [2.45, 2.75) is 25.3 Å². The molecule has 0 spiro atoms. The SMILES string of the molecule is COCOC(/C=C(/C(O)c1ccc(C)cc1)C(F)(F)F)c1ccc(OC)cc1. The topological polar surface area (TPSA) is 47.9 Å². The average molecular weight is 396 g/mol. The molecule has 0 aliphatic heterocycles. The number of aryl methyl sites for hydroxylation is 1. The number of hydrogen-bond donors (Lipinski definition) is 1. The van der Waals surface area contributed by atoms with Crippen molar-refractivity contribution in [3.63, 3.8) is 0 Å². The molecule has 0 fully saturated rings. The number of halogens is 3. The van der Waals surface area contributed by atoms with Gasteiger partial charge < -0.3 is 19.3 Å². The Labute approximate surface area is 162 Å². The summed E-state index contributed by atoms with van der Waals surface area (Å²) in [6.07, 6.45) is -6.77. The Hall–Kier alpha value is -2.35. The summed E-state index contributed by atoms with van der Waals surface area (Å²) in [5.74, 6) is 0.564. The smallest absolute Gasteiger partial charge is 0.415 e. The standard InChI is InChI=1S/C21H23F3O4/c1-14-4-6-16(7-5-14)20(25)18(21(22,23)24)12-19(28-13-26-2)15-8-10-17(27-3)11-9-15/h4-12,19-20,25H,13H2,1-3H3/b18-12-. The van der Waals surface area contributed by atoms with Crippen LogP contribution in [0.2, 0.25) is 0 Å². The van der Waals surface area contributed by atoms with Crippen LogP contribution in [-0.4, -0.2) is 32.3 Å². The van der Waals surface area contributed by atoms with Crippen molar-refractivity contribution in [1.29, 1.82) is 0 Å². The van der Waals surface area contributed by atoms with Gasteiger partial charge >= 0.3 is 6.18 Å². The molecule has 1 N–H and O–H groups in total. The zero-order valence-corrected chi connectivity index (χ0v) is 15.9. The van der Waals surface area contributed by atoms with E-state index in [1.807, 2.05) is 6.92 Å². The van der Waals surface area contributed by atoms with E-state index in [0.717, 1.165) is 11.6 Å². The van der Waals surface area contributed by atoms with Gasteiger partial charge in [-0.2, -0.15) is 13.2 Å². The van der Waals surface area contributed by atoms with E-state index in [1.165, 1.54) is 26.4 Å². The lowest BCUT2D eigenvalue weighted by molar-refractivity contribution is -0.109. The third-order valence-electron chi connectivity index (χ3n) is 4.16. The summed E-state index contributed by atoms with van der Waals surface area (Å²) in [5, 5.41) is 10.4. The number of hydrogen-bond acceptors (Lipinski definition) is 4. The molecule has 4 nitrogen and oxygen atoms in total. The number of ether oxygens (including phenoxy) is 3. The Kier molecular flexibility index (Phi) is 7.62. The molecule has 0 aliphatic carbocycles. The van der Waals surface area contributed by atoms with E-state index < -0.39 is 24.0 Å². The summed E-state index contributed by atoms with van der Waals surface area (Å²) >= 11 is 0. The number of rotatable bonds is 8. The molecule has 28 heavy (non-hydrogen) atoms. The van der Waals surface area contributed by atoms with Crippen molar-refractivity contribution >= 4 is 0 Å². The molecule has 0 radical (unpaired) electrons. The quantitative estimate of drug-likeness (QED) is 0.510. The highest BCUT2D eigenvalue weighted by Crippen LogP contribution is 2.38. The van der Waals surface area contributed by atoms with Crippen LogP contribution in [0, 0.1) is 6.92 Å². The monoisotopic (exact) mass is 396 g/mol. The minimum atomic E-state index is -4.74. The van der Waals surface area contributed by atoms with Crippen molar-refractivity contribution in [3.8, 4) is 5.75 Å². The summed E-state index contributed by atoms with van der Waals surface area (Å²) in [4.78, 5) is 0. The molecule has 0 aliphatic rings. The van der Waals surface area contributed by atoms with Gasteiger partial charge in [-0.3, -0.25) is 0 Å². The predicted molar refractivity (Wildman–Crippen MR) is 99.0 cm³/mol. The number of methoxy groups -OCH3 is 2. The van der Waals surface area contributed by atoms with E-state index >= 15 is 0 Å². The minimum absolute atomic E-state index is 0.148. The van der Waals surface area contributed by atoms with Gasteiger partial charge in [-0.25, -0.2) is 0 Å². The molecule has 2 aromatic rings. The van der Waals surface area contributed by atoms with Gasteiger partial charge in [0.25, 0.3) is 0 Å². The first-order chi connectivity index (χ1) is 13.3. The van der Waals surface area contributed by atoms with Gasteiger partial charge in [-0.1, -0.05) is 42.0 Å². The number of alkyl halides is 3. The summed E-state index contributed by atoms with van der Waals surface area (Å²) in [7, 11) is 2.87. The van der Waals surface area contributed by atoms with Crippen molar-refractivity contribution in [2.24, 2.45) is 0 Å². The minimum Gasteiger partial charge on any atom is -0.497 e. The van der Waals surface area contributed by atoms with Gasteiger partial charge in [0.1, 0.15) is 24.8 Å². The Bertz CT molecular complexity index is 768. The Balaban J connectivity index is 2.44. The number of aliphatic hydroxyl groups is 1. The summed E-state index contributed by atoms with van der Waals surface area (Å²) in [6, 6.07) is 12.7. The predicted octanol–water partition coefficient (Wildman–Crippen LogP) is 4.89. The third kappa shape index (κ3) is 5.82. The first kappa shape index (κ1) is 21.9. The van der Waals surface area contributed by atoms with Crippen molar-refractivity contribution in [1.82, 2.24) is 0 Å². The summed E-state index contributed by atoms with van der Waals surface area (Å²) in [5.41, 5.74) is 0.395. The highest BCUT2D eigenvalue weighted by Gasteiger charge is 2.39. The highest BCUT2D eigenvalue weighted by molar-refractivity contribution is 5.35. The number of aliphatic hydroxyl groups excluding tert-OH is 1. The zero-order valence-electron chi connectivity index (χ0n) is 15.9. The largest absolute Gasteiger partial charge is 0.497 e. The second-order valence-electron chi connectivity index (χ2n) is 6.20. The Morgan fingerprint density at radius 3 is 2.07 bits per heavy atom. The molecular formula is C21H23F3O4. The van der Waals surface area contributed by atoms with Crippen molar-refractivity contribution < 1.29 is 32.5 Å². The maximum Gasteiger partial charge on any atom is 0.415 e. The van der Waals surface area contributed by atoms with Crippen LogP contribution < -0.4 is 4.74 Å². The normalized spacial score (nSPS) is 14.6.